The average Bonchev–Trinajstić information content (AvgIpc) is 2.13. The predicted molar refractivity (Wildman–Crippen MR) is 48.0 cm³/mol. The fraction of sp³-hybridized carbons (Fsp3) is 0.364. The standard InChI is InChI=1S/C11H8F5/c12-10(13)5-8(6-10)7-2-1-3-9(4-7)11(14,15)16/h1-4H,5-6H2. The van der Waals surface area contributed by atoms with E-state index in [2.05, 4.69) is 0 Å². The number of hydrogen-bond donors (Lipinski definition) is 0. The highest BCUT2D eigenvalue weighted by molar-refractivity contribution is 5.39. The molecule has 87 valence electrons. The van der Waals surface area contributed by atoms with Gasteiger partial charge >= 0.3 is 6.18 Å². The molecule has 0 heterocycles. The van der Waals surface area contributed by atoms with Gasteiger partial charge in [0.05, 0.1) is 5.56 Å². The average molecular weight is 235 g/mol. The quantitative estimate of drug-likeness (QED) is 0.644. The van der Waals surface area contributed by atoms with Gasteiger partial charge in [-0.2, -0.15) is 13.2 Å². The molecule has 0 N–H and O–H groups in total. The van der Waals surface area contributed by atoms with Crippen LogP contribution in [0, 0.1) is 5.92 Å². The van der Waals surface area contributed by atoms with Crippen LogP contribution < -0.4 is 0 Å². The Morgan fingerprint density at radius 2 is 1.69 bits per heavy atom. The molecule has 16 heavy (non-hydrogen) atoms. The maximum Gasteiger partial charge on any atom is 0.416 e. The highest BCUT2D eigenvalue weighted by Gasteiger charge is 2.46. The Labute approximate surface area is 89.1 Å². The van der Waals surface area contributed by atoms with Crippen LogP contribution in [0.2, 0.25) is 0 Å². The highest BCUT2D eigenvalue weighted by atomic mass is 19.4. The maximum atomic E-state index is 12.6. The number of hydrogen-bond acceptors (Lipinski definition) is 0. The Balaban J connectivity index is 2.18. The lowest BCUT2D eigenvalue weighted by molar-refractivity contribution is -0.137. The zero-order chi connectivity index (χ0) is 12.0. The van der Waals surface area contributed by atoms with Crippen molar-refractivity contribution in [2.75, 3.05) is 0 Å². The zero-order valence-corrected chi connectivity index (χ0v) is 8.11. The van der Waals surface area contributed by atoms with Gasteiger partial charge in [-0.15, -0.1) is 0 Å². The molecule has 1 aliphatic rings. The lowest BCUT2D eigenvalue weighted by atomic mass is 9.76. The van der Waals surface area contributed by atoms with Crippen LogP contribution >= 0.6 is 0 Å². The van der Waals surface area contributed by atoms with E-state index in [1.165, 1.54) is 12.1 Å². The minimum absolute atomic E-state index is 0.265. The van der Waals surface area contributed by atoms with E-state index >= 15 is 0 Å². The lowest BCUT2D eigenvalue weighted by Crippen LogP contribution is -2.34. The number of rotatable bonds is 1. The summed E-state index contributed by atoms with van der Waals surface area (Å²) < 4.78 is 62.2. The molecule has 1 fully saturated rings. The number of halogens is 5. The van der Waals surface area contributed by atoms with E-state index in [1.54, 1.807) is 0 Å². The van der Waals surface area contributed by atoms with Gasteiger partial charge in [0.25, 0.3) is 0 Å². The molecule has 0 amide bonds. The smallest absolute Gasteiger partial charge is 0.207 e. The lowest BCUT2D eigenvalue weighted by Gasteiger charge is -2.34. The van der Waals surface area contributed by atoms with Gasteiger partial charge in [0.1, 0.15) is 0 Å². The first-order chi connectivity index (χ1) is 7.28. The summed E-state index contributed by atoms with van der Waals surface area (Å²) in [6, 6.07) is 4.52. The molecule has 1 aliphatic carbocycles. The molecule has 0 bridgehead atoms. The molecule has 1 aromatic rings. The number of benzene rings is 1. The van der Waals surface area contributed by atoms with Gasteiger partial charge in [0.2, 0.25) is 5.92 Å². The molecule has 0 nitrogen and oxygen atoms in total. The van der Waals surface area contributed by atoms with Gasteiger partial charge in [0, 0.05) is 18.8 Å². The second-order valence-corrected chi connectivity index (χ2v) is 3.89. The molecule has 0 unspecified atom stereocenters. The molecule has 1 aromatic carbocycles. The van der Waals surface area contributed by atoms with E-state index in [0.29, 0.717) is 5.92 Å². The Kier molecular flexibility index (Phi) is 2.44. The SMILES string of the molecule is FC1(F)C[C](c2cccc(C(F)(F)F)c2)C1. The van der Waals surface area contributed by atoms with Gasteiger partial charge in [-0.25, -0.2) is 8.78 Å². The van der Waals surface area contributed by atoms with Crippen molar-refractivity contribution >= 4 is 0 Å². The fourth-order valence-corrected chi connectivity index (χ4v) is 1.69. The van der Waals surface area contributed by atoms with Crippen molar-refractivity contribution < 1.29 is 22.0 Å². The summed E-state index contributed by atoms with van der Waals surface area (Å²) in [6.07, 6.45) is -5.30. The van der Waals surface area contributed by atoms with Crippen LogP contribution in [0.3, 0.4) is 0 Å². The third kappa shape index (κ3) is 2.18. The Bertz CT molecular complexity index is 386. The van der Waals surface area contributed by atoms with Crippen molar-refractivity contribution in [3.05, 3.63) is 41.3 Å². The molecular weight excluding hydrogens is 227 g/mol. The van der Waals surface area contributed by atoms with Gasteiger partial charge in [-0.3, -0.25) is 0 Å². The second-order valence-electron chi connectivity index (χ2n) is 3.89. The summed E-state index contributed by atoms with van der Waals surface area (Å²) in [5.74, 6) is -2.36. The molecule has 0 atom stereocenters. The first-order valence-electron chi connectivity index (χ1n) is 4.68. The second kappa shape index (κ2) is 3.43. The van der Waals surface area contributed by atoms with Crippen LogP contribution in [0.25, 0.3) is 0 Å². The van der Waals surface area contributed by atoms with Crippen LogP contribution in [0.5, 0.6) is 0 Å². The Hall–Kier alpha value is -1.13. The normalized spacial score (nSPS) is 20.6. The topological polar surface area (TPSA) is 0 Å². The summed E-state index contributed by atoms with van der Waals surface area (Å²) in [5, 5.41) is 0. The van der Waals surface area contributed by atoms with E-state index < -0.39 is 30.5 Å². The van der Waals surface area contributed by atoms with Crippen LogP contribution in [-0.4, -0.2) is 5.92 Å². The zero-order valence-electron chi connectivity index (χ0n) is 8.11. The van der Waals surface area contributed by atoms with Crippen molar-refractivity contribution in [2.24, 2.45) is 0 Å². The van der Waals surface area contributed by atoms with Crippen LogP contribution in [-0.2, 0) is 6.18 Å². The van der Waals surface area contributed by atoms with Crippen molar-refractivity contribution in [3.63, 3.8) is 0 Å². The molecule has 2 rings (SSSR count). The molecule has 1 radical (unpaired) electrons. The summed E-state index contributed by atoms with van der Waals surface area (Å²) in [6.45, 7) is 0. The monoisotopic (exact) mass is 235 g/mol. The van der Waals surface area contributed by atoms with Gasteiger partial charge in [-0.1, -0.05) is 18.2 Å². The van der Waals surface area contributed by atoms with Crippen molar-refractivity contribution in [2.45, 2.75) is 24.9 Å². The molecule has 5 heteroatoms. The van der Waals surface area contributed by atoms with Crippen LogP contribution in [0.15, 0.2) is 24.3 Å². The summed E-state index contributed by atoms with van der Waals surface area (Å²) in [4.78, 5) is 0. The minimum Gasteiger partial charge on any atom is -0.207 e. The predicted octanol–water partition coefficient (Wildman–Crippen LogP) is 4.06. The minimum atomic E-state index is -4.43. The summed E-state index contributed by atoms with van der Waals surface area (Å²) in [5.41, 5.74) is -0.534. The Morgan fingerprint density at radius 1 is 1.06 bits per heavy atom. The molecular formula is C11H8F5. The van der Waals surface area contributed by atoms with Crippen molar-refractivity contribution in [1.82, 2.24) is 0 Å². The summed E-state index contributed by atoms with van der Waals surface area (Å²) in [7, 11) is 0. The van der Waals surface area contributed by atoms with E-state index in [9.17, 15) is 22.0 Å². The van der Waals surface area contributed by atoms with Crippen molar-refractivity contribution in [1.29, 1.82) is 0 Å². The van der Waals surface area contributed by atoms with E-state index in [0.717, 1.165) is 12.1 Å². The largest absolute Gasteiger partial charge is 0.416 e. The molecule has 0 spiro atoms. The molecule has 0 saturated heterocycles. The first kappa shape index (κ1) is 11.4. The van der Waals surface area contributed by atoms with E-state index in [4.69, 9.17) is 0 Å². The third-order valence-corrected chi connectivity index (χ3v) is 2.54. The Morgan fingerprint density at radius 3 is 2.19 bits per heavy atom. The van der Waals surface area contributed by atoms with Crippen LogP contribution in [0.1, 0.15) is 24.0 Å². The fourth-order valence-electron chi connectivity index (χ4n) is 1.69. The molecule has 0 aromatic heterocycles. The third-order valence-electron chi connectivity index (χ3n) is 2.54. The van der Waals surface area contributed by atoms with E-state index in [-0.39, 0.29) is 5.56 Å². The highest BCUT2D eigenvalue weighted by Crippen LogP contribution is 2.48. The van der Waals surface area contributed by atoms with Crippen LogP contribution in [0.4, 0.5) is 22.0 Å². The number of alkyl halides is 5. The molecule has 0 aliphatic heterocycles. The first-order valence-corrected chi connectivity index (χ1v) is 4.68. The van der Waals surface area contributed by atoms with Gasteiger partial charge < -0.3 is 0 Å². The maximum absolute atomic E-state index is 12.6. The molecule has 1 saturated carbocycles. The van der Waals surface area contributed by atoms with Gasteiger partial charge in [0.15, 0.2) is 0 Å². The van der Waals surface area contributed by atoms with E-state index in [1.807, 2.05) is 0 Å². The summed E-state index contributed by atoms with van der Waals surface area (Å²) >= 11 is 0. The van der Waals surface area contributed by atoms with Crippen molar-refractivity contribution in [3.8, 4) is 0 Å². The van der Waals surface area contributed by atoms with Gasteiger partial charge in [-0.05, 0) is 11.6 Å².